The van der Waals surface area contributed by atoms with Gasteiger partial charge in [0.25, 0.3) is 0 Å². The summed E-state index contributed by atoms with van der Waals surface area (Å²) >= 11 is 6.51. The second-order valence-corrected chi connectivity index (χ2v) is 4.97. The Morgan fingerprint density at radius 3 is 1.88 bits per heavy atom. The number of halogens is 2. The highest BCUT2D eigenvalue weighted by Gasteiger charge is 2.00. The van der Waals surface area contributed by atoms with Gasteiger partial charge in [-0.3, -0.25) is 0 Å². The van der Waals surface area contributed by atoms with Crippen LogP contribution < -0.4 is 5.73 Å². The molecule has 0 aliphatic heterocycles. The van der Waals surface area contributed by atoms with Crippen LogP contribution in [0.15, 0.2) is 57.5 Å². The normalized spacial score (nSPS) is 8.76. The maximum Gasteiger partial charge on any atom is 0.386 e. The molecule has 2 aromatic carbocycles. The van der Waals surface area contributed by atoms with Crippen LogP contribution in [0, 0.1) is 5.39 Å². The molecule has 0 heterocycles. The van der Waals surface area contributed by atoms with E-state index in [1.165, 1.54) is 0 Å². The molecule has 3 nitrogen and oxygen atoms in total. The monoisotopic (exact) mass is 354 g/mol. The van der Waals surface area contributed by atoms with Gasteiger partial charge in [-0.15, -0.1) is 0 Å². The van der Waals surface area contributed by atoms with Crippen molar-refractivity contribution in [1.29, 1.82) is 5.39 Å². The molecule has 0 saturated carbocycles. The van der Waals surface area contributed by atoms with Gasteiger partial charge in [-0.05, 0) is 24.3 Å². The minimum Gasteiger partial charge on any atom is -0.399 e. The van der Waals surface area contributed by atoms with E-state index in [1.54, 1.807) is 18.2 Å². The maximum absolute atomic E-state index is 8.27. The van der Waals surface area contributed by atoms with Crippen molar-refractivity contribution in [3.63, 3.8) is 0 Å². The molecule has 2 N–H and O–H groups in total. The molecule has 86 valence electrons. The first-order valence-corrected chi connectivity index (χ1v) is 6.32. The summed E-state index contributed by atoms with van der Waals surface area (Å²) in [6.45, 7) is 0. The first-order chi connectivity index (χ1) is 8.11. The number of nitrogens with zero attached hydrogens (tertiary/aromatic N) is 2. The van der Waals surface area contributed by atoms with Gasteiger partial charge in [0.1, 0.15) is 0 Å². The van der Waals surface area contributed by atoms with Crippen LogP contribution in [0.25, 0.3) is 4.98 Å². The van der Waals surface area contributed by atoms with Crippen LogP contribution in [-0.4, -0.2) is 0 Å². The predicted octanol–water partition coefficient (Wildman–Crippen LogP) is 4.96. The third-order valence-electron chi connectivity index (χ3n) is 1.77. The Kier molecular flexibility index (Phi) is 5.67. The second-order valence-electron chi connectivity index (χ2n) is 3.13. The molecule has 2 aromatic rings. The van der Waals surface area contributed by atoms with Gasteiger partial charge in [0.2, 0.25) is 5.39 Å². The smallest absolute Gasteiger partial charge is 0.386 e. The molecule has 5 heteroatoms. The quantitative estimate of drug-likeness (QED) is 0.536. The fraction of sp³-hybridized carbons (Fsp3) is 0. The van der Waals surface area contributed by atoms with Crippen molar-refractivity contribution in [2.24, 2.45) is 0 Å². The summed E-state index contributed by atoms with van der Waals surface area (Å²) in [7, 11) is 0. The molecular formula is C12H10Br2N3+. The molecule has 17 heavy (non-hydrogen) atoms. The number of rotatable bonds is 0. The molecule has 2 rings (SSSR count). The van der Waals surface area contributed by atoms with Gasteiger partial charge in [0, 0.05) is 26.8 Å². The number of hydrogen-bond acceptors (Lipinski definition) is 2. The second kappa shape index (κ2) is 7.05. The zero-order chi connectivity index (χ0) is 12.7. The van der Waals surface area contributed by atoms with Crippen molar-refractivity contribution in [3.05, 3.63) is 62.5 Å². The van der Waals surface area contributed by atoms with E-state index in [-0.39, 0.29) is 0 Å². The van der Waals surface area contributed by atoms with Crippen molar-refractivity contribution in [1.82, 2.24) is 0 Å². The van der Waals surface area contributed by atoms with E-state index < -0.39 is 0 Å². The number of benzene rings is 2. The summed E-state index contributed by atoms with van der Waals surface area (Å²) in [5.74, 6) is 0. The molecule has 0 aromatic heterocycles. The van der Waals surface area contributed by atoms with Crippen molar-refractivity contribution >= 4 is 43.2 Å². The van der Waals surface area contributed by atoms with E-state index in [4.69, 9.17) is 11.1 Å². The lowest BCUT2D eigenvalue weighted by Gasteiger charge is -1.89. The molecule has 0 saturated heterocycles. The van der Waals surface area contributed by atoms with E-state index in [2.05, 4.69) is 36.8 Å². The molecule has 0 fully saturated rings. The van der Waals surface area contributed by atoms with E-state index in [0.29, 0.717) is 5.69 Å². The molecular weight excluding hydrogens is 346 g/mol. The van der Waals surface area contributed by atoms with E-state index >= 15 is 0 Å². The molecule has 0 spiro atoms. The lowest BCUT2D eigenvalue weighted by molar-refractivity contribution is 1.46. The predicted molar refractivity (Wildman–Crippen MR) is 77.4 cm³/mol. The van der Waals surface area contributed by atoms with Crippen LogP contribution in [-0.2, 0) is 0 Å². The summed E-state index contributed by atoms with van der Waals surface area (Å²) in [4.78, 5) is 3.00. The van der Waals surface area contributed by atoms with Gasteiger partial charge >= 0.3 is 5.69 Å². The van der Waals surface area contributed by atoms with Gasteiger partial charge in [-0.2, -0.15) is 0 Å². The third-order valence-corrected chi connectivity index (χ3v) is 2.76. The highest BCUT2D eigenvalue weighted by atomic mass is 79.9. The molecule has 0 bridgehead atoms. The zero-order valence-corrected chi connectivity index (χ0v) is 12.0. The van der Waals surface area contributed by atoms with Crippen molar-refractivity contribution in [3.8, 4) is 0 Å². The first kappa shape index (κ1) is 13.7. The molecule has 0 atom stereocenters. The first-order valence-electron chi connectivity index (χ1n) is 4.73. The van der Waals surface area contributed by atoms with E-state index in [1.807, 2.05) is 30.3 Å². The largest absolute Gasteiger partial charge is 0.399 e. The van der Waals surface area contributed by atoms with Gasteiger partial charge in [-0.1, -0.05) is 44.0 Å². The summed E-state index contributed by atoms with van der Waals surface area (Å²) in [5, 5.41) is 8.27. The number of anilines is 1. The summed E-state index contributed by atoms with van der Waals surface area (Å²) in [6, 6.07) is 14.7. The van der Waals surface area contributed by atoms with Gasteiger partial charge in [0.15, 0.2) is 4.98 Å². The Morgan fingerprint density at radius 1 is 0.941 bits per heavy atom. The lowest BCUT2D eigenvalue weighted by atomic mass is 10.3. The fourth-order valence-electron chi connectivity index (χ4n) is 1.04. The lowest BCUT2D eigenvalue weighted by Crippen LogP contribution is -1.80. The molecule has 0 aliphatic rings. The van der Waals surface area contributed by atoms with Gasteiger partial charge in [0.05, 0.1) is 0 Å². The van der Waals surface area contributed by atoms with Crippen LogP contribution in [0.2, 0.25) is 0 Å². The van der Waals surface area contributed by atoms with Crippen LogP contribution in [0.5, 0.6) is 0 Å². The van der Waals surface area contributed by atoms with Crippen molar-refractivity contribution < 1.29 is 0 Å². The molecule has 0 unspecified atom stereocenters. The Bertz CT molecular complexity index is 518. The van der Waals surface area contributed by atoms with Crippen LogP contribution >= 0.6 is 31.9 Å². The summed E-state index contributed by atoms with van der Waals surface area (Å²) in [5.41, 5.74) is 6.78. The van der Waals surface area contributed by atoms with E-state index in [0.717, 1.165) is 14.6 Å². The Hall–Kier alpha value is -1.38. The zero-order valence-electron chi connectivity index (χ0n) is 8.85. The minimum atomic E-state index is 0.560. The van der Waals surface area contributed by atoms with Crippen LogP contribution in [0.1, 0.15) is 0 Å². The number of nitrogen functional groups attached to an aromatic ring is 1. The van der Waals surface area contributed by atoms with Crippen LogP contribution in [0.4, 0.5) is 11.4 Å². The highest BCUT2D eigenvalue weighted by molar-refractivity contribution is 9.10. The SMILES string of the molecule is N#[N+]c1cccc(Br)c1.Nc1cccc(Br)c1. The van der Waals surface area contributed by atoms with Crippen molar-refractivity contribution in [2.75, 3.05) is 5.73 Å². The van der Waals surface area contributed by atoms with Crippen LogP contribution in [0.3, 0.4) is 0 Å². The average Bonchev–Trinajstić information content (AvgIpc) is 2.29. The number of diazo groups is 1. The van der Waals surface area contributed by atoms with Gasteiger partial charge in [-0.25, -0.2) is 0 Å². The summed E-state index contributed by atoms with van der Waals surface area (Å²) < 4.78 is 1.94. The third kappa shape index (κ3) is 5.48. The molecule has 0 amide bonds. The number of hydrogen-bond donors (Lipinski definition) is 1. The Balaban J connectivity index is 0.000000171. The molecule has 0 radical (unpaired) electrons. The van der Waals surface area contributed by atoms with Gasteiger partial charge < -0.3 is 5.73 Å². The fourth-order valence-corrected chi connectivity index (χ4v) is 1.85. The number of nitrogens with two attached hydrogens (primary N) is 1. The topological polar surface area (TPSA) is 54.2 Å². The van der Waals surface area contributed by atoms with E-state index in [9.17, 15) is 0 Å². The Morgan fingerprint density at radius 2 is 1.53 bits per heavy atom. The summed E-state index contributed by atoms with van der Waals surface area (Å²) in [6.07, 6.45) is 0. The highest BCUT2D eigenvalue weighted by Crippen LogP contribution is 2.17. The Labute approximate surface area is 117 Å². The minimum absolute atomic E-state index is 0.560. The maximum atomic E-state index is 8.27. The average molecular weight is 356 g/mol. The standard InChI is InChI=1S/C6H4BrN2.C6H6BrN/c7-5-2-1-3-6(4-5)9-8;7-5-2-1-3-6(8)4-5/h1-4H;1-4H,8H2/q+1;. The molecule has 0 aliphatic carbocycles. The van der Waals surface area contributed by atoms with Crippen molar-refractivity contribution in [2.45, 2.75) is 0 Å².